The summed E-state index contributed by atoms with van der Waals surface area (Å²) in [6, 6.07) is 0. The summed E-state index contributed by atoms with van der Waals surface area (Å²) in [7, 11) is -3.48. The number of nitrogens with two attached hydrogens (primary N) is 1. The Morgan fingerprint density at radius 1 is 1.45 bits per heavy atom. The van der Waals surface area contributed by atoms with Crippen molar-refractivity contribution < 1.29 is 17.9 Å². The molecule has 118 valence electrons. The van der Waals surface area contributed by atoms with Gasteiger partial charge in [-0.2, -0.15) is 0 Å². The number of rotatable bonds is 10. The number of hydrogen-bond donors (Lipinski definition) is 3. The van der Waals surface area contributed by atoms with Gasteiger partial charge in [0.15, 0.2) is 0 Å². The predicted octanol–water partition coefficient (Wildman–Crippen LogP) is -0.814. The molecular weight excluding hydrogens is 282 g/mol. The molecule has 0 saturated heterocycles. The summed E-state index contributed by atoms with van der Waals surface area (Å²) in [5, 5.41) is 2.82. The van der Waals surface area contributed by atoms with E-state index >= 15 is 0 Å². The van der Waals surface area contributed by atoms with Gasteiger partial charge in [0.1, 0.15) is 0 Å². The molecule has 1 atom stereocenters. The van der Waals surface area contributed by atoms with Crippen LogP contribution >= 0.6 is 0 Å². The Kier molecular flexibility index (Phi) is 6.38. The van der Waals surface area contributed by atoms with Crippen molar-refractivity contribution in [1.82, 2.24) is 10.0 Å². The van der Waals surface area contributed by atoms with Gasteiger partial charge in [0, 0.05) is 13.2 Å². The molecule has 8 heteroatoms. The summed E-state index contributed by atoms with van der Waals surface area (Å²) in [6.07, 6.45) is 2.10. The van der Waals surface area contributed by atoms with Gasteiger partial charge < -0.3 is 15.8 Å². The molecule has 1 rings (SSSR count). The first-order chi connectivity index (χ1) is 9.33. The quantitative estimate of drug-likeness (QED) is 0.457. The van der Waals surface area contributed by atoms with E-state index in [2.05, 4.69) is 10.0 Å². The zero-order valence-corrected chi connectivity index (χ0v) is 13.0. The van der Waals surface area contributed by atoms with Crippen molar-refractivity contribution in [3.63, 3.8) is 0 Å². The van der Waals surface area contributed by atoms with E-state index in [0.29, 0.717) is 19.1 Å². The van der Waals surface area contributed by atoms with Crippen LogP contribution in [0.15, 0.2) is 0 Å². The minimum absolute atomic E-state index is 0.121. The summed E-state index contributed by atoms with van der Waals surface area (Å²) in [6.45, 7) is 4.35. The number of ether oxygens (including phenoxy) is 1. The maximum Gasteiger partial charge on any atom is 0.235 e. The molecule has 0 bridgehead atoms. The first-order valence-corrected chi connectivity index (χ1v) is 8.54. The van der Waals surface area contributed by atoms with Crippen molar-refractivity contribution in [1.29, 1.82) is 0 Å². The largest absolute Gasteiger partial charge is 0.381 e. The topological polar surface area (TPSA) is 111 Å². The summed E-state index contributed by atoms with van der Waals surface area (Å²) in [4.78, 5) is 11.8. The molecule has 4 N–H and O–H groups in total. The van der Waals surface area contributed by atoms with Crippen molar-refractivity contribution >= 4 is 15.9 Å². The fourth-order valence-electron chi connectivity index (χ4n) is 1.96. The smallest absolute Gasteiger partial charge is 0.235 e. The van der Waals surface area contributed by atoms with Crippen LogP contribution < -0.4 is 15.8 Å². The van der Waals surface area contributed by atoms with Gasteiger partial charge in [0.25, 0.3) is 0 Å². The van der Waals surface area contributed by atoms with E-state index in [1.807, 2.05) is 6.92 Å². The van der Waals surface area contributed by atoms with E-state index in [1.54, 1.807) is 6.92 Å². The van der Waals surface area contributed by atoms with Crippen LogP contribution in [0.4, 0.5) is 0 Å². The van der Waals surface area contributed by atoms with E-state index in [1.165, 1.54) is 0 Å². The minimum atomic E-state index is -3.48. The van der Waals surface area contributed by atoms with Crippen LogP contribution in [0.2, 0.25) is 0 Å². The van der Waals surface area contributed by atoms with Gasteiger partial charge in [-0.15, -0.1) is 0 Å². The zero-order chi connectivity index (χ0) is 15.2. The summed E-state index contributed by atoms with van der Waals surface area (Å²) >= 11 is 0. The highest BCUT2D eigenvalue weighted by atomic mass is 32.2. The summed E-state index contributed by atoms with van der Waals surface area (Å²) in [5.74, 6) is -0.110. The lowest BCUT2D eigenvalue weighted by Gasteiger charge is -2.29. The van der Waals surface area contributed by atoms with Crippen LogP contribution in [0.25, 0.3) is 0 Å². The van der Waals surface area contributed by atoms with E-state index in [9.17, 15) is 13.2 Å². The number of hydrogen-bond acceptors (Lipinski definition) is 5. The molecule has 0 aromatic heterocycles. The maximum atomic E-state index is 11.8. The molecule has 20 heavy (non-hydrogen) atoms. The molecule has 0 spiro atoms. The molecule has 0 aromatic carbocycles. The Hall–Kier alpha value is -0.700. The van der Waals surface area contributed by atoms with E-state index in [-0.39, 0.29) is 24.8 Å². The van der Waals surface area contributed by atoms with Crippen molar-refractivity contribution in [3.8, 4) is 0 Å². The fraction of sp³-hybridized carbons (Fsp3) is 0.917. The van der Waals surface area contributed by atoms with Crippen molar-refractivity contribution in [3.05, 3.63) is 0 Å². The van der Waals surface area contributed by atoms with Crippen LogP contribution in [0.3, 0.4) is 0 Å². The van der Waals surface area contributed by atoms with E-state index < -0.39 is 15.6 Å². The highest BCUT2D eigenvalue weighted by Gasteiger charge is 2.41. The molecule has 1 amide bonds. The van der Waals surface area contributed by atoms with Crippen molar-refractivity contribution in [2.24, 2.45) is 11.7 Å². The van der Waals surface area contributed by atoms with Crippen LogP contribution in [-0.4, -0.2) is 51.9 Å². The number of amides is 1. The first kappa shape index (κ1) is 17.4. The molecule has 7 nitrogen and oxygen atoms in total. The normalized spacial score (nSPS) is 18.6. The van der Waals surface area contributed by atoms with Gasteiger partial charge in [0.05, 0.1) is 24.4 Å². The van der Waals surface area contributed by atoms with Gasteiger partial charge in [-0.05, 0) is 32.6 Å². The average Bonchev–Trinajstić information content (AvgIpc) is 3.21. The third-order valence-corrected chi connectivity index (χ3v) is 4.77. The van der Waals surface area contributed by atoms with Crippen LogP contribution in [0, 0.1) is 5.92 Å². The summed E-state index contributed by atoms with van der Waals surface area (Å²) < 4.78 is 30.4. The first-order valence-electron chi connectivity index (χ1n) is 6.89. The van der Waals surface area contributed by atoms with E-state index in [4.69, 9.17) is 10.5 Å². The molecule has 1 aliphatic carbocycles. The molecule has 1 fully saturated rings. The Balaban J connectivity index is 2.35. The Bertz CT molecular complexity index is 422. The van der Waals surface area contributed by atoms with Gasteiger partial charge in [-0.3, -0.25) is 4.79 Å². The van der Waals surface area contributed by atoms with Gasteiger partial charge >= 0.3 is 0 Å². The third-order valence-electron chi connectivity index (χ3n) is 3.48. The Morgan fingerprint density at radius 3 is 2.60 bits per heavy atom. The molecule has 1 saturated carbocycles. The fourth-order valence-corrected chi connectivity index (χ4v) is 2.80. The molecule has 0 heterocycles. The van der Waals surface area contributed by atoms with Gasteiger partial charge in [-0.1, -0.05) is 0 Å². The monoisotopic (exact) mass is 307 g/mol. The molecule has 0 aliphatic heterocycles. The van der Waals surface area contributed by atoms with Gasteiger partial charge in [-0.25, -0.2) is 13.1 Å². The second kappa shape index (κ2) is 7.35. The second-order valence-electron chi connectivity index (χ2n) is 5.28. The van der Waals surface area contributed by atoms with Crippen molar-refractivity contribution in [2.75, 3.05) is 32.1 Å². The lowest BCUT2D eigenvalue weighted by molar-refractivity contribution is -0.121. The van der Waals surface area contributed by atoms with Crippen LogP contribution in [0.5, 0.6) is 0 Å². The highest BCUT2D eigenvalue weighted by Crippen LogP contribution is 2.38. The van der Waals surface area contributed by atoms with Crippen LogP contribution in [-0.2, 0) is 19.6 Å². The Morgan fingerprint density at radius 2 is 2.10 bits per heavy atom. The Labute approximate surface area is 120 Å². The van der Waals surface area contributed by atoms with E-state index in [0.717, 1.165) is 12.8 Å². The lowest BCUT2D eigenvalue weighted by Crippen LogP contribution is -2.55. The summed E-state index contributed by atoms with van der Waals surface area (Å²) in [5.41, 5.74) is 5.25. The lowest BCUT2D eigenvalue weighted by atomic mass is 9.96. The standard InChI is InChI=1S/C12H25N3O4S/c1-3-19-6-7-20(17,18)14-8-11(16)15-12(2,9-13)10-4-5-10/h10,14H,3-9,13H2,1-2H3,(H,15,16). The zero-order valence-electron chi connectivity index (χ0n) is 12.1. The van der Waals surface area contributed by atoms with Crippen molar-refractivity contribution in [2.45, 2.75) is 32.2 Å². The number of carbonyl (C=O) groups is 1. The SMILES string of the molecule is CCOCCS(=O)(=O)NCC(=O)NC(C)(CN)C1CC1. The highest BCUT2D eigenvalue weighted by molar-refractivity contribution is 7.89. The average molecular weight is 307 g/mol. The van der Waals surface area contributed by atoms with Crippen LogP contribution in [0.1, 0.15) is 26.7 Å². The molecule has 0 radical (unpaired) electrons. The third kappa shape index (κ3) is 5.74. The molecular formula is C12H25N3O4S. The number of nitrogens with one attached hydrogen (secondary N) is 2. The number of carbonyl (C=O) groups excluding carboxylic acids is 1. The predicted molar refractivity (Wildman–Crippen MR) is 76.6 cm³/mol. The maximum absolute atomic E-state index is 11.8. The molecule has 0 aromatic rings. The minimum Gasteiger partial charge on any atom is -0.381 e. The number of sulfonamides is 1. The second-order valence-corrected chi connectivity index (χ2v) is 7.21. The molecule has 1 aliphatic rings. The molecule has 1 unspecified atom stereocenters. The van der Waals surface area contributed by atoms with Gasteiger partial charge in [0.2, 0.25) is 15.9 Å².